The summed E-state index contributed by atoms with van der Waals surface area (Å²) >= 11 is 3.85. The fourth-order valence-electron chi connectivity index (χ4n) is 2.63. The number of benzene rings is 2. The lowest BCUT2D eigenvalue weighted by Crippen LogP contribution is -2.01. The number of hydrogen-bond acceptors (Lipinski definition) is 4. The average Bonchev–Trinajstić information content (AvgIpc) is 2.87. The Bertz CT molecular complexity index is 805. The molecule has 0 N–H and O–H groups in total. The van der Waals surface area contributed by atoms with Gasteiger partial charge < -0.3 is 4.74 Å². The molecular weight excluding hydrogens is 336 g/mol. The van der Waals surface area contributed by atoms with E-state index in [9.17, 15) is 4.79 Å². The van der Waals surface area contributed by atoms with E-state index in [2.05, 4.69) is 45.0 Å². The molecule has 0 aliphatic carbocycles. The van der Waals surface area contributed by atoms with Gasteiger partial charge in [-0.2, -0.15) is 0 Å². The molecule has 3 rings (SSSR count). The van der Waals surface area contributed by atoms with E-state index in [1.54, 1.807) is 12.1 Å². The molecule has 2 aromatic carbocycles. The van der Waals surface area contributed by atoms with E-state index in [4.69, 9.17) is 4.74 Å². The van der Waals surface area contributed by atoms with Gasteiger partial charge >= 0.3 is 5.97 Å². The summed E-state index contributed by atoms with van der Waals surface area (Å²) in [6, 6.07) is 14.1. The highest BCUT2D eigenvalue weighted by molar-refractivity contribution is 8.20. The number of esters is 1. The Morgan fingerprint density at radius 3 is 2.29 bits per heavy atom. The monoisotopic (exact) mass is 356 g/mol. The maximum atomic E-state index is 11.5. The molecule has 0 unspecified atom stereocenters. The van der Waals surface area contributed by atoms with E-state index < -0.39 is 0 Å². The van der Waals surface area contributed by atoms with E-state index in [1.807, 2.05) is 35.7 Å². The largest absolute Gasteiger partial charge is 0.465 e. The lowest BCUT2D eigenvalue weighted by Gasteiger charge is -2.12. The van der Waals surface area contributed by atoms with Crippen molar-refractivity contribution in [1.82, 2.24) is 0 Å². The van der Waals surface area contributed by atoms with Crippen molar-refractivity contribution in [3.63, 3.8) is 0 Å². The summed E-state index contributed by atoms with van der Waals surface area (Å²) < 4.78 is 4.94. The maximum absolute atomic E-state index is 11.5. The lowest BCUT2D eigenvalue weighted by atomic mass is 10.0. The quantitative estimate of drug-likeness (QED) is 0.500. The second kappa shape index (κ2) is 6.69. The maximum Gasteiger partial charge on any atom is 0.337 e. The van der Waals surface area contributed by atoms with Gasteiger partial charge in [0.25, 0.3) is 0 Å². The normalized spacial score (nSPS) is 15.9. The molecule has 0 aromatic heterocycles. The van der Waals surface area contributed by atoms with E-state index in [1.165, 1.54) is 28.0 Å². The number of rotatable bonds is 3. The molecular formula is C20H20O2S2. The third kappa shape index (κ3) is 3.70. The highest BCUT2D eigenvalue weighted by atomic mass is 32.2. The van der Waals surface area contributed by atoms with E-state index >= 15 is 0 Å². The molecule has 124 valence electrons. The van der Waals surface area contributed by atoms with Crippen molar-refractivity contribution >= 4 is 41.1 Å². The van der Waals surface area contributed by atoms with Crippen molar-refractivity contribution in [3.8, 4) is 0 Å². The Hall–Kier alpha value is -1.65. The van der Waals surface area contributed by atoms with Crippen LogP contribution in [0.5, 0.6) is 0 Å². The van der Waals surface area contributed by atoms with Crippen LogP contribution in [0.3, 0.4) is 0 Å². The van der Waals surface area contributed by atoms with Gasteiger partial charge in [-0.1, -0.05) is 24.3 Å². The van der Waals surface area contributed by atoms with Gasteiger partial charge in [-0.05, 0) is 61.7 Å². The van der Waals surface area contributed by atoms with Gasteiger partial charge in [0, 0.05) is 9.79 Å². The molecule has 24 heavy (non-hydrogen) atoms. The molecule has 1 aliphatic rings. The Morgan fingerprint density at radius 1 is 1.00 bits per heavy atom. The van der Waals surface area contributed by atoms with Crippen LogP contribution < -0.4 is 0 Å². The van der Waals surface area contributed by atoms with Gasteiger partial charge in [-0.3, -0.25) is 0 Å². The summed E-state index contributed by atoms with van der Waals surface area (Å²) in [4.78, 5) is 14.2. The van der Waals surface area contributed by atoms with Gasteiger partial charge in [-0.15, -0.1) is 23.5 Å². The summed E-state index contributed by atoms with van der Waals surface area (Å²) in [5.74, 6) is -0.307. The van der Waals surface area contributed by atoms with Crippen LogP contribution in [0, 0.1) is 0 Å². The Morgan fingerprint density at radius 2 is 1.62 bits per heavy atom. The number of thioether (sulfide) groups is 2. The minimum atomic E-state index is -0.307. The second-order valence-corrected chi connectivity index (χ2v) is 9.79. The van der Waals surface area contributed by atoms with Gasteiger partial charge in [0.1, 0.15) is 0 Å². The molecule has 0 spiro atoms. The first-order valence-electron chi connectivity index (χ1n) is 7.77. The van der Waals surface area contributed by atoms with Crippen LogP contribution in [0.15, 0.2) is 52.3 Å². The minimum Gasteiger partial charge on any atom is -0.465 e. The zero-order chi connectivity index (χ0) is 17.3. The van der Waals surface area contributed by atoms with Crippen molar-refractivity contribution < 1.29 is 9.53 Å². The van der Waals surface area contributed by atoms with Crippen molar-refractivity contribution in [2.24, 2.45) is 0 Å². The molecule has 2 nitrogen and oxygen atoms in total. The van der Waals surface area contributed by atoms with Crippen LogP contribution >= 0.6 is 23.5 Å². The first-order valence-corrected chi connectivity index (χ1v) is 9.40. The number of hydrogen-bond donors (Lipinski definition) is 0. The molecule has 0 saturated heterocycles. The molecule has 0 radical (unpaired) electrons. The smallest absolute Gasteiger partial charge is 0.337 e. The van der Waals surface area contributed by atoms with Gasteiger partial charge in [0.2, 0.25) is 0 Å². The van der Waals surface area contributed by atoms with Crippen molar-refractivity contribution in [2.45, 2.75) is 34.6 Å². The van der Waals surface area contributed by atoms with Crippen LogP contribution in [0.2, 0.25) is 0 Å². The fourth-order valence-corrected chi connectivity index (χ4v) is 5.30. The summed E-state index contributed by atoms with van der Waals surface area (Å²) in [7, 11) is 1.39. The Labute approximate surface area is 151 Å². The zero-order valence-electron chi connectivity index (χ0n) is 14.3. The molecule has 0 saturated carbocycles. The molecule has 1 aliphatic heterocycles. The molecule has 4 heteroatoms. The van der Waals surface area contributed by atoms with Gasteiger partial charge in [0.15, 0.2) is 0 Å². The summed E-state index contributed by atoms with van der Waals surface area (Å²) in [5.41, 5.74) is 4.08. The van der Waals surface area contributed by atoms with Crippen molar-refractivity contribution in [3.05, 3.63) is 59.2 Å². The van der Waals surface area contributed by atoms with E-state index in [0.717, 1.165) is 5.56 Å². The van der Waals surface area contributed by atoms with Crippen molar-refractivity contribution in [1.29, 1.82) is 0 Å². The first kappa shape index (κ1) is 17.2. The molecule has 1 heterocycles. The Kier molecular flexibility index (Phi) is 4.79. The van der Waals surface area contributed by atoms with Gasteiger partial charge in [-0.25, -0.2) is 4.79 Å². The second-order valence-electron chi connectivity index (χ2n) is 6.21. The summed E-state index contributed by atoms with van der Waals surface area (Å²) in [6.45, 7) is 6.63. The van der Waals surface area contributed by atoms with Gasteiger partial charge in [0.05, 0.1) is 16.8 Å². The third-order valence-corrected chi connectivity index (χ3v) is 6.57. The van der Waals surface area contributed by atoms with E-state index in [0.29, 0.717) is 5.56 Å². The SMILES string of the molecule is COC(=O)c1ccc(/C=C(\C)c2ccc3c(c2)SC(C)(C)S3)cc1. The predicted octanol–water partition coefficient (Wildman–Crippen LogP) is 5.97. The highest BCUT2D eigenvalue weighted by Crippen LogP contribution is 2.55. The molecule has 0 fully saturated rings. The molecule has 2 aromatic rings. The zero-order valence-corrected chi connectivity index (χ0v) is 15.9. The van der Waals surface area contributed by atoms with E-state index in [-0.39, 0.29) is 10.0 Å². The lowest BCUT2D eigenvalue weighted by molar-refractivity contribution is 0.0600. The Balaban J connectivity index is 1.83. The van der Waals surface area contributed by atoms with Crippen LogP contribution in [0.1, 0.15) is 42.3 Å². The fraction of sp³-hybridized carbons (Fsp3) is 0.250. The molecule has 0 bridgehead atoms. The van der Waals surface area contributed by atoms with Crippen LogP contribution in [0.4, 0.5) is 0 Å². The standard InChI is InChI=1S/C20H20O2S2/c1-13(11-14-5-7-15(8-6-14)19(21)22-4)16-9-10-17-18(12-16)24-20(2,3)23-17/h5-12H,1-4H3/b13-11+. The molecule has 0 amide bonds. The van der Waals surface area contributed by atoms with Crippen molar-refractivity contribution in [2.75, 3.05) is 7.11 Å². The third-order valence-electron chi connectivity index (χ3n) is 3.83. The highest BCUT2D eigenvalue weighted by Gasteiger charge is 2.30. The van der Waals surface area contributed by atoms with Crippen LogP contribution in [-0.4, -0.2) is 17.2 Å². The van der Waals surface area contributed by atoms with Crippen LogP contribution in [-0.2, 0) is 4.74 Å². The molecule has 0 atom stereocenters. The average molecular weight is 357 g/mol. The number of fused-ring (bicyclic) bond motifs is 1. The minimum absolute atomic E-state index is 0.211. The van der Waals surface area contributed by atoms with Crippen LogP contribution in [0.25, 0.3) is 11.6 Å². The first-order chi connectivity index (χ1) is 11.4. The number of carbonyl (C=O) groups excluding carboxylic acids is 1. The number of allylic oxidation sites excluding steroid dienone is 1. The summed E-state index contributed by atoms with van der Waals surface area (Å²) in [5, 5.41) is 0. The number of ether oxygens (including phenoxy) is 1. The summed E-state index contributed by atoms with van der Waals surface area (Å²) in [6.07, 6.45) is 2.14. The number of methoxy groups -OCH3 is 1. The topological polar surface area (TPSA) is 26.3 Å². The predicted molar refractivity (Wildman–Crippen MR) is 104 cm³/mol. The number of carbonyl (C=O) groups is 1.